The van der Waals surface area contributed by atoms with E-state index in [-0.39, 0.29) is 5.75 Å². The number of piperidine rings is 1. The SMILES string of the molecule is COc1ccc(CNC(C)CN2CCCCC2)cc1O. The first-order chi connectivity index (χ1) is 9.69. The summed E-state index contributed by atoms with van der Waals surface area (Å²) in [6.07, 6.45) is 4.04. The number of phenols is 1. The van der Waals surface area contributed by atoms with E-state index in [2.05, 4.69) is 17.1 Å². The lowest BCUT2D eigenvalue weighted by Crippen LogP contribution is -2.41. The Balaban J connectivity index is 1.77. The number of likely N-dealkylation sites (tertiary alicyclic amines) is 1. The second kappa shape index (κ2) is 7.50. The van der Waals surface area contributed by atoms with Crippen molar-refractivity contribution in [2.75, 3.05) is 26.7 Å². The highest BCUT2D eigenvalue weighted by molar-refractivity contribution is 5.41. The summed E-state index contributed by atoms with van der Waals surface area (Å²) < 4.78 is 5.05. The standard InChI is InChI=1S/C16H26N2O2/c1-13(12-18-8-4-3-5-9-18)17-11-14-6-7-16(20-2)15(19)10-14/h6-7,10,13,17,19H,3-5,8-9,11-12H2,1-2H3. The third-order valence-electron chi connectivity index (χ3n) is 3.88. The van der Waals surface area contributed by atoms with Gasteiger partial charge in [-0.1, -0.05) is 12.5 Å². The molecule has 0 bridgehead atoms. The van der Waals surface area contributed by atoms with Crippen LogP contribution < -0.4 is 10.1 Å². The first kappa shape index (κ1) is 15.1. The quantitative estimate of drug-likeness (QED) is 0.838. The fourth-order valence-corrected chi connectivity index (χ4v) is 2.73. The number of hydrogen-bond acceptors (Lipinski definition) is 4. The molecule has 0 aliphatic carbocycles. The lowest BCUT2D eigenvalue weighted by atomic mass is 10.1. The Labute approximate surface area is 121 Å². The number of ether oxygens (including phenoxy) is 1. The van der Waals surface area contributed by atoms with Crippen molar-refractivity contribution in [2.45, 2.75) is 38.8 Å². The molecular weight excluding hydrogens is 252 g/mol. The van der Waals surface area contributed by atoms with E-state index < -0.39 is 0 Å². The van der Waals surface area contributed by atoms with Crippen molar-refractivity contribution in [3.63, 3.8) is 0 Å². The molecule has 1 fully saturated rings. The second-order valence-electron chi connectivity index (χ2n) is 5.65. The van der Waals surface area contributed by atoms with Crippen molar-refractivity contribution in [1.82, 2.24) is 10.2 Å². The van der Waals surface area contributed by atoms with Crippen LogP contribution in [0, 0.1) is 0 Å². The fourth-order valence-electron chi connectivity index (χ4n) is 2.73. The highest BCUT2D eigenvalue weighted by Crippen LogP contribution is 2.26. The van der Waals surface area contributed by atoms with E-state index in [0.717, 1.165) is 18.7 Å². The van der Waals surface area contributed by atoms with E-state index in [1.54, 1.807) is 13.2 Å². The van der Waals surface area contributed by atoms with E-state index in [0.29, 0.717) is 11.8 Å². The molecule has 0 spiro atoms. The number of benzene rings is 1. The summed E-state index contributed by atoms with van der Waals surface area (Å²) >= 11 is 0. The first-order valence-corrected chi connectivity index (χ1v) is 7.50. The van der Waals surface area contributed by atoms with Crippen molar-refractivity contribution >= 4 is 0 Å². The molecule has 1 aliphatic rings. The summed E-state index contributed by atoms with van der Waals surface area (Å²) in [6.45, 7) is 6.55. The van der Waals surface area contributed by atoms with Gasteiger partial charge in [0.2, 0.25) is 0 Å². The van der Waals surface area contributed by atoms with E-state index in [1.807, 2.05) is 12.1 Å². The minimum Gasteiger partial charge on any atom is -0.504 e. The molecule has 0 amide bonds. The molecule has 1 heterocycles. The number of methoxy groups -OCH3 is 1. The van der Waals surface area contributed by atoms with Crippen LogP contribution in [0.25, 0.3) is 0 Å². The van der Waals surface area contributed by atoms with Gasteiger partial charge in [-0.2, -0.15) is 0 Å². The molecule has 1 atom stereocenters. The van der Waals surface area contributed by atoms with Gasteiger partial charge in [0.25, 0.3) is 0 Å². The Kier molecular flexibility index (Phi) is 5.68. The molecule has 20 heavy (non-hydrogen) atoms. The Morgan fingerprint density at radius 2 is 2.05 bits per heavy atom. The number of rotatable bonds is 6. The van der Waals surface area contributed by atoms with Gasteiger partial charge in [0, 0.05) is 19.1 Å². The molecule has 1 aromatic carbocycles. The molecule has 2 N–H and O–H groups in total. The molecular formula is C16H26N2O2. The van der Waals surface area contributed by atoms with Gasteiger partial charge in [-0.25, -0.2) is 0 Å². The molecule has 1 aromatic rings. The lowest BCUT2D eigenvalue weighted by Gasteiger charge is -2.29. The van der Waals surface area contributed by atoms with Crippen LogP contribution in [0.2, 0.25) is 0 Å². The Morgan fingerprint density at radius 1 is 1.30 bits per heavy atom. The van der Waals surface area contributed by atoms with Gasteiger partial charge >= 0.3 is 0 Å². The fraction of sp³-hybridized carbons (Fsp3) is 0.625. The van der Waals surface area contributed by atoms with Crippen molar-refractivity contribution in [3.8, 4) is 11.5 Å². The number of phenolic OH excluding ortho intramolecular Hbond substituents is 1. The summed E-state index contributed by atoms with van der Waals surface area (Å²) in [4.78, 5) is 2.53. The first-order valence-electron chi connectivity index (χ1n) is 7.50. The van der Waals surface area contributed by atoms with Gasteiger partial charge in [0.15, 0.2) is 11.5 Å². The number of aromatic hydroxyl groups is 1. The smallest absolute Gasteiger partial charge is 0.160 e. The van der Waals surface area contributed by atoms with E-state index in [1.165, 1.54) is 32.4 Å². The predicted molar refractivity (Wildman–Crippen MR) is 81.3 cm³/mol. The lowest BCUT2D eigenvalue weighted by molar-refractivity contribution is 0.209. The number of nitrogens with one attached hydrogen (secondary N) is 1. The summed E-state index contributed by atoms with van der Waals surface area (Å²) in [5.41, 5.74) is 1.08. The average molecular weight is 278 g/mol. The predicted octanol–water partition coefficient (Wildman–Crippen LogP) is 2.36. The topological polar surface area (TPSA) is 44.7 Å². The zero-order chi connectivity index (χ0) is 14.4. The Hall–Kier alpha value is -1.26. The summed E-state index contributed by atoms with van der Waals surface area (Å²) in [5.74, 6) is 0.727. The molecule has 1 unspecified atom stereocenters. The molecule has 4 nitrogen and oxygen atoms in total. The Bertz CT molecular complexity index is 417. The largest absolute Gasteiger partial charge is 0.504 e. The third kappa shape index (κ3) is 4.39. The summed E-state index contributed by atoms with van der Waals surface area (Å²) in [7, 11) is 1.56. The maximum Gasteiger partial charge on any atom is 0.160 e. The van der Waals surface area contributed by atoms with E-state index in [4.69, 9.17) is 4.74 Å². The van der Waals surface area contributed by atoms with Crippen LogP contribution in [0.1, 0.15) is 31.7 Å². The zero-order valence-electron chi connectivity index (χ0n) is 12.6. The van der Waals surface area contributed by atoms with Crippen molar-refractivity contribution in [1.29, 1.82) is 0 Å². The molecule has 0 radical (unpaired) electrons. The Morgan fingerprint density at radius 3 is 2.70 bits per heavy atom. The maximum absolute atomic E-state index is 9.76. The molecule has 1 aliphatic heterocycles. The number of hydrogen-bond donors (Lipinski definition) is 2. The van der Waals surface area contributed by atoms with Crippen LogP contribution in [0.4, 0.5) is 0 Å². The van der Waals surface area contributed by atoms with Gasteiger partial charge in [-0.05, 0) is 50.6 Å². The third-order valence-corrected chi connectivity index (χ3v) is 3.88. The van der Waals surface area contributed by atoms with Gasteiger partial charge in [-0.15, -0.1) is 0 Å². The number of nitrogens with zero attached hydrogens (tertiary/aromatic N) is 1. The van der Waals surface area contributed by atoms with Crippen LogP contribution in [-0.2, 0) is 6.54 Å². The summed E-state index contributed by atoms with van der Waals surface area (Å²) in [6, 6.07) is 6.01. The van der Waals surface area contributed by atoms with Gasteiger partial charge in [0.05, 0.1) is 7.11 Å². The van der Waals surface area contributed by atoms with Crippen LogP contribution in [0.5, 0.6) is 11.5 Å². The molecule has 4 heteroatoms. The average Bonchev–Trinajstić information content (AvgIpc) is 2.46. The van der Waals surface area contributed by atoms with Gasteiger partial charge in [-0.3, -0.25) is 0 Å². The highest BCUT2D eigenvalue weighted by atomic mass is 16.5. The molecule has 1 saturated heterocycles. The van der Waals surface area contributed by atoms with Crippen LogP contribution in [0.15, 0.2) is 18.2 Å². The van der Waals surface area contributed by atoms with Crippen molar-refractivity contribution in [3.05, 3.63) is 23.8 Å². The molecule has 0 saturated carbocycles. The van der Waals surface area contributed by atoms with Gasteiger partial charge in [0.1, 0.15) is 0 Å². The highest BCUT2D eigenvalue weighted by Gasteiger charge is 2.13. The molecule has 112 valence electrons. The van der Waals surface area contributed by atoms with Gasteiger partial charge < -0.3 is 20.1 Å². The molecule has 2 rings (SSSR count). The summed E-state index contributed by atoms with van der Waals surface area (Å²) in [5, 5.41) is 13.3. The van der Waals surface area contributed by atoms with Crippen molar-refractivity contribution in [2.24, 2.45) is 0 Å². The zero-order valence-corrected chi connectivity index (χ0v) is 12.6. The van der Waals surface area contributed by atoms with Crippen LogP contribution in [-0.4, -0.2) is 42.8 Å². The van der Waals surface area contributed by atoms with Crippen LogP contribution in [0.3, 0.4) is 0 Å². The van der Waals surface area contributed by atoms with Crippen molar-refractivity contribution < 1.29 is 9.84 Å². The van der Waals surface area contributed by atoms with Crippen LogP contribution >= 0.6 is 0 Å². The minimum atomic E-state index is 0.204. The monoisotopic (exact) mass is 278 g/mol. The second-order valence-corrected chi connectivity index (χ2v) is 5.65. The van der Waals surface area contributed by atoms with E-state index in [9.17, 15) is 5.11 Å². The molecule has 0 aromatic heterocycles. The minimum absolute atomic E-state index is 0.204. The van der Waals surface area contributed by atoms with E-state index >= 15 is 0 Å². The normalized spacial score (nSPS) is 17.9. The maximum atomic E-state index is 9.76.